The van der Waals surface area contributed by atoms with Crippen molar-refractivity contribution in [2.45, 2.75) is 13.8 Å². The molecule has 4 aromatic rings. The van der Waals surface area contributed by atoms with E-state index in [4.69, 9.17) is 4.42 Å². The van der Waals surface area contributed by atoms with Gasteiger partial charge in [0.25, 0.3) is 0 Å². The minimum Gasteiger partial charge on any atom is -0.456 e. The summed E-state index contributed by atoms with van der Waals surface area (Å²) < 4.78 is 6.10. The summed E-state index contributed by atoms with van der Waals surface area (Å²) in [6.45, 7) is 4.11. The summed E-state index contributed by atoms with van der Waals surface area (Å²) in [5, 5.41) is 8.37. The van der Waals surface area contributed by atoms with Gasteiger partial charge in [-0.05, 0) is 26.0 Å². The van der Waals surface area contributed by atoms with E-state index in [-0.39, 0.29) is 0 Å². The Morgan fingerprint density at radius 2 is 1.75 bits per heavy atom. The summed E-state index contributed by atoms with van der Waals surface area (Å²) in [5.41, 5.74) is 4.16. The summed E-state index contributed by atoms with van der Waals surface area (Å²) in [7, 11) is 0. The standard InChI is InChI=1S/C19H16N4O/c1-12-3-6-14(7-4-12)18-10-16(22-19-20-11-21-23-19)15-9-13(2)5-8-17(15)24-18/h3-11H,1-2H3,(H,20,21,23). The lowest BCUT2D eigenvalue weighted by Gasteiger charge is -2.06. The molecular weight excluding hydrogens is 300 g/mol. The second kappa shape index (κ2) is 5.77. The van der Waals surface area contributed by atoms with Crippen molar-refractivity contribution in [3.63, 3.8) is 0 Å². The van der Waals surface area contributed by atoms with Crippen LogP contribution in [0.2, 0.25) is 0 Å². The highest BCUT2D eigenvalue weighted by Crippen LogP contribution is 2.23. The molecule has 5 nitrogen and oxygen atoms in total. The number of aryl methyl sites for hydroxylation is 2. The van der Waals surface area contributed by atoms with Gasteiger partial charge in [0.2, 0.25) is 5.95 Å². The van der Waals surface area contributed by atoms with Crippen LogP contribution in [0.4, 0.5) is 5.95 Å². The first-order chi connectivity index (χ1) is 11.7. The van der Waals surface area contributed by atoms with Crippen molar-refractivity contribution in [1.82, 2.24) is 15.2 Å². The molecule has 5 heteroatoms. The van der Waals surface area contributed by atoms with E-state index in [1.165, 1.54) is 11.9 Å². The molecule has 0 fully saturated rings. The van der Waals surface area contributed by atoms with E-state index in [1.807, 2.05) is 37.3 Å². The van der Waals surface area contributed by atoms with Crippen LogP contribution >= 0.6 is 0 Å². The van der Waals surface area contributed by atoms with Crippen molar-refractivity contribution in [2.75, 3.05) is 0 Å². The molecule has 0 aliphatic rings. The van der Waals surface area contributed by atoms with Crippen molar-refractivity contribution in [3.8, 4) is 11.3 Å². The molecule has 0 aliphatic heterocycles. The SMILES string of the molecule is Cc1ccc(-c2cc(=Nc3ncn[nH]3)c3cc(C)ccc3o2)cc1. The van der Waals surface area contributed by atoms with Crippen molar-refractivity contribution in [1.29, 1.82) is 0 Å². The molecule has 0 amide bonds. The molecular formula is C19H16N4O. The summed E-state index contributed by atoms with van der Waals surface area (Å²) in [6, 6.07) is 16.2. The molecule has 0 saturated carbocycles. The zero-order valence-corrected chi connectivity index (χ0v) is 13.4. The average molecular weight is 316 g/mol. The van der Waals surface area contributed by atoms with Gasteiger partial charge in [-0.15, -0.1) is 0 Å². The third-order valence-corrected chi connectivity index (χ3v) is 3.86. The third-order valence-electron chi connectivity index (χ3n) is 3.86. The maximum Gasteiger partial charge on any atom is 0.245 e. The van der Waals surface area contributed by atoms with Crippen molar-refractivity contribution < 1.29 is 4.42 Å². The second-order valence-electron chi connectivity index (χ2n) is 5.78. The second-order valence-corrected chi connectivity index (χ2v) is 5.78. The molecule has 118 valence electrons. The van der Waals surface area contributed by atoms with Gasteiger partial charge < -0.3 is 4.42 Å². The Morgan fingerprint density at radius 3 is 2.50 bits per heavy atom. The van der Waals surface area contributed by atoms with E-state index in [0.717, 1.165) is 33.2 Å². The molecule has 0 bridgehead atoms. The first-order valence-corrected chi connectivity index (χ1v) is 7.71. The highest BCUT2D eigenvalue weighted by molar-refractivity contribution is 5.79. The Balaban J connectivity index is 2.00. The van der Waals surface area contributed by atoms with E-state index < -0.39 is 0 Å². The van der Waals surface area contributed by atoms with Crippen molar-refractivity contribution in [2.24, 2.45) is 4.99 Å². The highest BCUT2D eigenvalue weighted by atomic mass is 16.3. The predicted molar refractivity (Wildman–Crippen MR) is 92.7 cm³/mol. The number of nitrogens with one attached hydrogen (secondary N) is 1. The Kier molecular flexibility index (Phi) is 3.46. The largest absolute Gasteiger partial charge is 0.456 e. The molecule has 0 aliphatic carbocycles. The van der Waals surface area contributed by atoms with Crippen LogP contribution in [0.3, 0.4) is 0 Å². The number of benzene rings is 2. The molecule has 0 radical (unpaired) electrons. The lowest BCUT2D eigenvalue weighted by atomic mass is 10.1. The van der Waals surface area contributed by atoms with Crippen LogP contribution in [0.5, 0.6) is 0 Å². The summed E-state index contributed by atoms with van der Waals surface area (Å²) in [4.78, 5) is 8.68. The fourth-order valence-corrected chi connectivity index (χ4v) is 2.60. The molecule has 0 atom stereocenters. The summed E-state index contributed by atoms with van der Waals surface area (Å²) in [6.07, 6.45) is 1.44. The molecule has 0 spiro atoms. The molecule has 2 aromatic heterocycles. The zero-order valence-electron chi connectivity index (χ0n) is 13.4. The van der Waals surface area contributed by atoms with E-state index in [0.29, 0.717) is 5.95 Å². The van der Waals surface area contributed by atoms with E-state index >= 15 is 0 Å². The van der Waals surface area contributed by atoms with Crippen LogP contribution < -0.4 is 5.36 Å². The van der Waals surface area contributed by atoms with Crippen molar-refractivity contribution >= 4 is 16.9 Å². The lowest BCUT2D eigenvalue weighted by molar-refractivity contribution is 0.618. The maximum absolute atomic E-state index is 6.10. The Morgan fingerprint density at radius 1 is 0.958 bits per heavy atom. The van der Waals surface area contributed by atoms with E-state index in [1.54, 1.807) is 0 Å². The normalized spacial score (nSPS) is 12.0. The molecule has 1 N–H and O–H groups in total. The van der Waals surface area contributed by atoms with Gasteiger partial charge in [-0.25, -0.2) is 10.1 Å². The van der Waals surface area contributed by atoms with Gasteiger partial charge in [-0.2, -0.15) is 10.1 Å². The number of hydrogen-bond acceptors (Lipinski definition) is 4. The quantitative estimate of drug-likeness (QED) is 0.606. The van der Waals surface area contributed by atoms with Gasteiger partial charge in [0.1, 0.15) is 17.7 Å². The topological polar surface area (TPSA) is 67.1 Å². The number of rotatable bonds is 2. The number of H-pyrrole nitrogens is 1. The van der Waals surface area contributed by atoms with Crippen LogP contribution in [-0.2, 0) is 0 Å². The zero-order chi connectivity index (χ0) is 16.5. The van der Waals surface area contributed by atoms with Crippen LogP contribution in [0.1, 0.15) is 11.1 Å². The van der Waals surface area contributed by atoms with Crippen LogP contribution in [0.25, 0.3) is 22.3 Å². The molecule has 4 rings (SSSR count). The first kappa shape index (κ1) is 14.4. The van der Waals surface area contributed by atoms with Crippen LogP contribution in [0.15, 0.2) is 64.3 Å². The third kappa shape index (κ3) is 2.72. The number of aromatic amines is 1. The number of fused-ring (bicyclic) bond motifs is 1. The summed E-state index contributed by atoms with van der Waals surface area (Å²) >= 11 is 0. The van der Waals surface area contributed by atoms with Gasteiger partial charge in [-0.3, -0.25) is 0 Å². The van der Waals surface area contributed by atoms with E-state index in [9.17, 15) is 0 Å². The molecule has 0 saturated heterocycles. The lowest BCUT2D eigenvalue weighted by Crippen LogP contribution is -2.04. The van der Waals surface area contributed by atoms with Crippen LogP contribution in [-0.4, -0.2) is 15.2 Å². The van der Waals surface area contributed by atoms with Crippen molar-refractivity contribution in [3.05, 3.63) is 71.3 Å². The fourth-order valence-electron chi connectivity index (χ4n) is 2.60. The van der Waals surface area contributed by atoms with Gasteiger partial charge in [0.05, 0.1) is 5.36 Å². The number of hydrogen-bond donors (Lipinski definition) is 1. The molecule has 2 heterocycles. The molecule has 24 heavy (non-hydrogen) atoms. The van der Waals surface area contributed by atoms with Gasteiger partial charge in [0.15, 0.2) is 0 Å². The Labute approximate surface area is 138 Å². The number of nitrogens with zero attached hydrogens (tertiary/aromatic N) is 3. The smallest absolute Gasteiger partial charge is 0.245 e. The van der Waals surface area contributed by atoms with Gasteiger partial charge in [0, 0.05) is 17.0 Å². The highest BCUT2D eigenvalue weighted by Gasteiger charge is 2.07. The average Bonchev–Trinajstić information content (AvgIpc) is 3.09. The van der Waals surface area contributed by atoms with Gasteiger partial charge in [-0.1, -0.05) is 41.5 Å². The first-order valence-electron chi connectivity index (χ1n) is 7.71. The van der Waals surface area contributed by atoms with Gasteiger partial charge >= 0.3 is 0 Å². The Hall–Kier alpha value is -3.21. The minimum absolute atomic E-state index is 0.471. The molecule has 0 unspecified atom stereocenters. The minimum atomic E-state index is 0.471. The van der Waals surface area contributed by atoms with Crippen LogP contribution in [0, 0.1) is 13.8 Å². The van der Waals surface area contributed by atoms with E-state index in [2.05, 4.69) is 45.3 Å². The monoisotopic (exact) mass is 316 g/mol. The summed E-state index contributed by atoms with van der Waals surface area (Å²) in [5.74, 6) is 1.24. The fraction of sp³-hybridized carbons (Fsp3) is 0.105. The maximum atomic E-state index is 6.10. The molecule has 2 aromatic carbocycles. The predicted octanol–water partition coefficient (Wildman–Crippen LogP) is 4.07. The Bertz CT molecular complexity index is 1060. The number of aromatic nitrogens is 3.